The Kier molecular flexibility index (Phi) is 6.88. The average Bonchev–Trinajstić information content (AvgIpc) is 2.73. The van der Waals surface area contributed by atoms with Crippen LogP contribution in [0.5, 0.6) is 0 Å². The minimum atomic E-state index is -0.289. The van der Waals surface area contributed by atoms with Gasteiger partial charge in [0.15, 0.2) is 0 Å². The van der Waals surface area contributed by atoms with Crippen LogP contribution in [0.3, 0.4) is 0 Å². The lowest BCUT2D eigenvalue weighted by atomic mass is 10.1. The van der Waals surface area contributed by atoms with Crippen LogP contribution in [0.25, 0.3) is 6.08 Å². The number of nitrogens with zero attached hydrogens (tertiary/aromatic N) is 1. The molecule has 1 fully saturated rings. The zero-order valence-corrected chi connectivity index (χ0v) is 15.7. The maximum Gasteiger partial charge on any atom is 0.340 e. The fraction of sp³-hybridized carbons (Fsp3) is 0.318. The van der Waals surface area contributed by atoms with Crippen LogP contribution >= 0.6 is 0 Å². The Morgan fingerprint density at radius 1 is 1.19 bits per heavy atom. The molecule has 0 spiro atoms. The number of nitrogens with one attached hydrogen (secondary N) is 1. The number of anilines is 2. The van der Waals surface area contributed by atoms with Gasteiger partial charge in [-0.25, -0.2) is 4.79 Å². The van der Waals surface area contributed by atoms with E-state index in [2.05, 4.69) is 34.5 Å². The monoisotopic (exact) mass is 366 g/mol. The topological polar surface area (TPSA) is 50.8 Å². The van der Waals surface area contributed by atoms with Crippen molar-refractivity contribution < 1.29 is 14.3 Å². The molecular weight excluding hydrogens is 340 g/mol. The summed E-state index contributed by atoms with van der Waals surface area (Å²) in [6.45, 7) is 5.76. The van der Waals surface area contributed by atoms with Gasteiger partial charge in [0.2, 0.25) is 0 Å². The third kappa shape index (κ3) is 5.34. The summed E-state index contributed by atoms with van der Waals surface area (Å²) in [4.78, 5) is 14.6. The zero-order chi connectivity index (χ0) is 18.9. The SMILES string of the molecule is CCOC(=O)c1cc(NCC=Cc2ccccc2)ccc1N1CCOCC1. The molecule has 5 heteroatoms. The maximum atomic E-state index is 12.5. The van der Waals surface area contributed by atoms with Crippen LogP contribution in [0.1, 0.15) is 22.8 Å². The van der Waals surface area contributed by atoms with E-state index in [9.17, 15) is 4.79 Å². The van der Waals surface area contributed by atoms with Crippen molar-refractivity contribution in [1.82, 2.24) is 0 Å². The van der Waals surface area contributed by atoms with Crippen LogP contribution in [0.15, 0.2) is 54.6 Å². The summed E-state index contributed by atoms with van der Waals surface area (Å²) in [5, 5.41) is 3.34. The van der Waals surface area contributed by atoms with Crippen molar-refractivity contribution in [3.63, 3.8) is 0 Å². The van der Waals surface area contributed by atoms with Gasteiger partial charge >= 0.3 is 5.97 Å². The molecular formula is C22H26N2O3. The Labute approximate surface area is 160 Å². The van der Waals surface area contributed by atoms with Gasteiger partial charge in [-0.1, -0.05) is 42.5 Å². The lowest BCUT2D eigenvalue weighted by molar-refractivity contribution is 0.0526. The normalized spacial score (nSPS) is 14.3. The van der Waals surface area contributed by atoms with Crippen LogP contribution in [-0.2, 0) is 9.47 Å². The summed E-state index contributed by atoms with van der Waals surface area (Å²) in [6, 6.07) is 16.0. The van der Waals surface area contributed by atoms with E-state index in [0.717, 1.165) is 30.0 Å². The Morgan fingerprint density at radius 3 is 2.70 bits per heavy atom. The minimum Gasteiger partial charge on any atom is -0.462 e. The first kappa shape index (κ1) is 19.0. The Balaban J connectivity index is 1.71. The zero-order valence-electron chi connectivity index (χ0n) is 15.7. The second-order valence-electron chi connectivity index (χ2n) is 6.25. The maximum absolute atomic E-state index is 12.5. The second-order valence-corrected chi connectivity index (χ2v) is 6.25. The van der Waals surface area contributed by atoms with Crippen LogP contribution in [0, 0.1) is 0 Å². The van der Waals surface area contributed by atoms with Crippen LogP contribution in [0.4, 0.5) is 11.4 Å². The van der Waals surface area contributed by atoms with E-state index in [4.69, 9.17) is 9.47 Å². The number of hydrogen-bond donors (Lipinski definition) is 1. The molecule has 0 unspecified atom stereocenters. The smallest absolute Gasteiger partial charge is 0.340 e. The molecule has 0 atom stereocenters. The molecule has 0 bridgehead atoms. The molecule has 142 valence electrons. The van der Waals surface area contributed by atoms with Gasteiger partial charge in [-0.15, -0.1) is 0 Å². The van der Waals surface area contributed by atoms with Gasteiger partial charge in [-0.05, 0) is 30.7 Å². The highest BCUT2D eigenvalue weighted by Gasteiger charge is 2.20. The highest BCUT2D eigenvalue weighted by Crippen LogP contribution is 2.26. The third-order valence-corrected chi connectivity index (χ3v) is 4.38. The molecule has 1 heterocycles. The standard InChI is InChI=1S/C22H26N2O3/c1-2-27-22(25)20-17-19(10-11-21(20)24-13-15-26-16-14-24)23-12-6-9-18-7-4-3-5-8-18/h3-11,17,23H,2,12-16H2,1H3. The highest BCUT2D eigenvalue weighted by molar-refractivity contribution is 5.97. The predicted octanol–water partition coefficient (Wildman–Crippen LogP) is 3.83. The predicted molar refractivity (Wildman–Crippen MR) is 109 cm³/mol. The molecule has 0 amide bonds. The number of rotatable bonds is 7. The second kappa shape index (κ2) is 9.78. The summed E-state index contributed by atoms with van der Waals surface area (Å²) >= 11 is 0. The van der Waals surface area contributed by atoms with Crippen molar-refractivity contribution >= 4 is 23.4 Å². The van der Waals surface area contributed by atoms with E-state index < -0.39 is 0 Å². The summed E-state index contributed by atoms with van der Waals surface area (Å²) in [5.41, 5.74) is 3.56. The lowest BCUT2D eigenvalue weighted by Gasteiger charge is -2.30. The van der Waals surface area contributed by atoms with Gasteiger partial charge < -0.3 is 19.7 Å². The van der Waals surface area contributed by atoms with Crippen LogP contribution in [0.2, 0.25) is 0 Å². The number of benzene rings is 2. The third-order valence-electron chi connectivity index (χ3n) is 4.38. The first-order valence-corrected chi connectivity index (χ1v) is 9.37. The molecule has 3 rings (SSSR count). The van der Waals surface area contributed by atoms with Crippen LogP contribution < -0.4 is 10.2 Å². The van der Waals surface area contributed by atoms with Crippen molar-refractivity contribution in [2.75, 3.05) is 49.7 Å². The summed E-state index contributed by atoms with van der Waals surface area (Å²) < 4.78 is 10.7. The Morgan fingerprint density at radius 2 is 1.96 bits per heavy atom. The van der Waals surface area contributed by atoms with Gasteiger partial charge in [0.1, 0.15) is 0 Å². The molecule has 0 saturated carbocycles. The molecule has 5 nitrogen and oxygen atoms in total. The number of esters is 1. The Hall–Kier alpha value is -2.79. The van der Waals surface area contributed by atoms with Crippen molar-refractivity contribution in [3.05, 3.63) is 65.7 Å². The first-order chi connectivity index (χ1) is 13.3. The number of carbonyl (C=O) groups is 1. The first-order valence-electron chi connectivity index (χ1n) is 9.37. The van der Waals surface area contributed by atoms with E-state index in [1.54, 1.807) is 0 Å². The fourth-order valence-electron chi connectivity index (χ4n) is 3.03. The molecule has 27 heavy (non-hydrogen) atoms. The largest absolute Gasteiger partial charge is 0.462 e. The van der Waals surface area contributed by atoms with Crippen molar-refractivity contribution in [2.24, 2.45) is 0 Å². The molecule has 2 aromatic rings. The van der Waals surface area contributed by atoms with Gasteiger partial charge in [0, 0.05) is 25.3 Å². The molecule has 2 aromatic carbocycles. The number of hydrogen-bond acceptors (Lipinski definition) is 5. The molecule has 0 aromatic heterocycles. The van der Waals surface area contributed by atoms with Crippen molar-refractivity contribution in [1.29, 1.82) is 0 Å². The number of ether oxygens (including phenoxy) is 2. The van der Waals surface area contributed by atoms with Crippen LogP contribution in [-0.4, -0.2) is 45.4 Å². The number of carbonyl (C=O) groups excluding carboxylic acids is 1. The van der Waals surface area contributed by atoms with Gasteiger partial charge in [0.25, 0.3) is 0 Å². The molecule has 1 N–H and O–H groups in total. The van der Waals surface area contributed by atoms with E-state index >= 15 is 0 Å². The Bertz CT molecular complexity index is 768. The summed E-state index contributed by atoms with van der Waals surface area (Å²) in [5.74, 6) is -0.289. The minimum absolute atomic E-state index is 0.289. The quantitative estimate of drug-likeness (QED) is 0.755. The fourth-order valence-corrected chi connectivity index (χ4v) is 3.03. The van der Waals surface area contributed by atoms with Gasteiger partial charge in [0.05, 0.1) is 31.1 Å². The highest BCUT2D eigenvalue weighted by atomic mass is 16.5. The van der Waals surface area contributed by atoms with E-state index in [0.29, 0.717) is 31.9 Å². The molecule has 1 saturated heterocycles. The van der Waals surface area contributed by atoms with Gasteiger partial charge in [-0.2, -0.15) is 0 Å². The summed E-state index contributed by atoms with van der Waals surface area (Å²) in [6.07, 6.45) is 4.14. The molecule has 1 aliphatic heterocycles. The molecule has 0 radical (unpaired) electrons. The lowest BCUT2D eigenvalue weighted by Crippen LogP contribution is -2.37. The van der Waals surface area contributed by atoms with Crippen molar-refractivity contribution in [3.8, 4) is 0 Å². The molecule has 1 aliphatic rings. The average molecular weight is 366 g/mol. The molecule has 0 aliphatic carbocycles. The number of morpholine rings is 1. The van der Waals surface area contributed by atoms with Gasteiger partial charge in [-0.3, -0.25) is 0 Å². The van der Waals surface area contributed by atoms with E-state index in [1.165, 1.54) is 0 Å². The van der Waals surface area contributed by atoms with E-state index in [1.807, 2.05) is 43.3 Å². The summed E-state index contributed by atoms with van der Waals surface area (Å²) in [7, 11) is 0. The van der Waals surface area contributed by atoms with E-state index in [-0.39, 0.29) is 5.97 Å². The van der Waals surface area contributed by atoms with Crippen molar-refractivity contribution in [2.45, 2.75) is 6.92 Å².